The number of anilines is 3. The van der Waals surface area contributed by atoms with Gasteiger partial charge in [-0.1, -0.05) is 11.6 Å². The number of rotatable bonds is 6. The van der Waals surface area contributed by atoms with Crippen molar-refractivity contribution < 1.29 is 4.79 Å². The van der Waals surface area contributed by atoms with Crippen LogP contribution in [0.25, 0.3) is 0 Å². The highest BCUT2D eigenvalue weighted by Gasteiger charge is 2.20. The maximum absolute atomic E-state index is 12.4. The molecule has 0 spiro atoms. The molecule has 1 aromatic carbocycles. The maximum atomic E-state index is 12.4. The Balaban J connectivity index is 1.30. The molecule has 2 aromatic heterocycles. The zero-order valence-corrected chi connectivity index (χ0v) is 20.2. The summed E-state index contributed by atoms with van der Waals surface area (Å²) in [6.45, 7) is 4.09. The first-order valence-corrected chi connectivity index (χ1v) is 12.7. The van der Waals surface area contributed by atoms with Gasteiger partial charge in [0.15, 0.2) is 5.16 Å². The van der Waals surface area contributed by atoms with Crippen LogP contribution >= 0.6 is 34.7 Å². The number of carbonyl (C=O) groups excluding carboxylic acids is 1. The third-order valence-electron chi connectivity index (χ3n) is 5.21. The molecule has 0 aliphatic carbocycles. The van der Waals surface area contributed by atoms with Crippen molar-refractivity contribution in [3.05, 3.63) is 51.7 Å². The molecule has 1 atom stereocenters. The van der Waals surface area contributed by atoms with Gasteiger partial charge in [-0.15, -0.1) is 11.3 Å². The molecule has 2 aliphatic rings. The molecule has 4 heterocycles. The number of carbonyl (C=O) groups is 1. The number of hydrazone groups is 1. The van der Waals surface area contributed by atoms with E-state index in [1.54, 1.807) is 11.4 Å². The van der Waals surface area contributed by atoms with Gasteiger partial charge in [0.25, 0.3) is 5.91 Å². The van der Waals surface area contributed by atoms with E-state index in [4.69, 9.17) is 21.6 Å². The average Bonchev–Trinajstić information content (AvgIpc) is 3.36. The van der Waals surface area contributed by atoms with E-state index < -0.39 is 0 Å². The van der Waals surface area contributed by atoms with Crippen LogP contribution < -0.4 is 21.0 Å². The molecule has 1 amide bonds. The Bertz CT molecular complexity index is 1190. The van der Waals surface area contributed by atoms with E-state index in [0.29, 0.717) is 26.8 Å². The van der Waals surface area contributed by atoms with Crippen molar-refractivity contribution in [1.29, 1.82) is 0 Å². The van der Waals surface area contributed by atoms with E-state index in [-0.39, 0.29) is 5.91 Å². The molecule has 33 heavy (non-hydrogen) atoms. The third-order valence-corrected chi connectivity index (χ3v) is 7.42. The molecule has 11 heteroatoms. The normalized spacial score (nSPS) is 17.2. The SMILES string of the molecule is CC1CC(Nc2cc(N3CCC3)nc(Sc3ccc(NC(=O)c4sccc4Cl)cc3)n2)=NN1. The number of amides is 1. The van der Waals surface area contributed by atoms with Crippen molar-refractivity contribution in [3.63, 3.8) is 0 Å². The Morgan fingerprint density at radius 2 is 2.06 bits per heavy atom. The second-order valence-corrected chi connectivity index (χ2v) is 10.2. The van der Waals surface area contributed by atoms with Crippen LogP contribution in [0.1, 0.15) is 29.4 Å². The van der Waals surface area contributed by atoms with Gasteiger partial charge in [0.1, 0.15) is 22.3 Å². The summed E-state index contributed by atoms with van der Waals surface area (Å²) in [6.07, 6.45) is 2.00. The van der Waals surface area contributed by atoms with Gasteiger partial charge in [0.05, 0.1) is 5.02 Å². The van der Waals surface area contributed by atoms with Crippen molar-refractivity contribution >= 4 is 63.8 Å². The average molecular weight is 500 g/mol. The highest BCUT2D eigenvalue weighted by molar-refractivity contribution is 7.99. The molecule has 2 aliphatic heterocycles. The molecular formula is C22H22ClN7OS2. The van der Waals surface area contributed by atoms with Gasteiger partial charge in [-0.2, -0.15) is 5.10 Å². The number of amidine groups is 1. The van der Waals surface area contributed by atoms with E-state index in [0.717, 1.165) is 41.9 Å². The molecule has 3 N–H and O–H groups in total. The van der Waals surface area contributed by atoms with Crippen molar-refractivity contribution in [1.82, 2.24) is 15.4 Å². The Kier molecular flexibility index (Phi) is 6.39. The highest BCUT2D eigenvalue weighted by atomic mass is 35.5. The van der Waals surface area contributed by atoms with Gasteiger partial charge < -0.3 is 21.0 Å². The minimum atomic E-state index is -0.213. The molecule has 170 valence electrons. The third kappa shape index (κ3) is 5.23. The summed E-state index contributed by atoms with van der Waals surface area (Å²) in [7, 11) is 0. The molecule has 1 unspecified atom stereocenters. The van der Waals surface area contributed by atoms with E-state index in [1.807, 2.05) is 30.3 Å². The Morgan fingerprint density at radius 1 is 1.24 bits per heavy atom. The van der Waals surface area contributed by atoms with Crippen LogP contribution in [0.3, 0.4) is 0 Å². The van der Waals surface area contributed by atoms with Crippen molar-refractivity contribution in [2.75, 3.05) is 28.6 Å². The molecule has 8 nitrogen and oxygen atoms in total. The minimum absolute atomic E-state index is 0.213. The van der Waals surface area contributed by atoms with E-state index in [2.05, 4.69) is 33.0 Å². The molecule has 0 bridgehead atoms. The maximum Gasteiger partial charge on any atom is 0.267 e. The monoisotopic (exact) mass is 499 g/mol. The van der Waals surface area contributed by atoms with E-state index in [9.17, 15) is 4.79 Å². The first-order valence-electron chi connectivity index (χ1n) is 10.6. The molecule has 1 fully saturated rings. The summed E-state index contributed by atoms with van der Waals surface area (Å²) in [4.78, 5) is 25.5. The highest BCUT2D eigenvalue weighted by Crippen LogP contribution is 2.31. The van der Waals surface area contributed by atoms with Crippen LogP contribution in [0.4, 0.5) is 17.3 Å². The Labute approximate surface area is 204 Å². The number of hydrogen-bond acceptors (Lipinski definition) is 9. The molecule has 1 saturated heterocycles. The van der Waals surface area contributed by atoms with Crippen LogP contribution in [-0.4, -0.2) is 40.8 Å². The van der Waals surface area contributed by atoms with Gasteiger partial charge in [0.2, 0.25) is 0 Å². The number of nitrogens with one attached hydrogen (secondary N) is 3. The summed E-state index contributed by atoms with van der Waals surface area (Å²) in [5.41, 5.74) is 3.77. The lowest BCUT2D eigenvalue weighted by atomic mass is 10.2. The fourth-order valence-corrected chi connectivity index (χ4v) is 5.18. The number of thiophene rings is 1. The first-order chi connectivity index (χ1) is 16.0. The zero-order valence-electron chi connectivity index (χ0n) is 17.8. The van der Waals surface area contributed by atoms with Crippen LogP contribution in [0.2, 0.25) is 5.02 Å². The van der Waals surface area contributed by atoms with Crippen molar-refractivity contribution in [3.8, 4) is 0 Å². The predicted molar refractivity (Wildman–Crippen MR) is 135 cm³/mol. The van der Waals surface area contributed by atoms with E-state index >= 15 is 0 Å². The van der Waals surface area contributed by atoms with Crippen molar-refractivity contribution in [2.24, 2.45) is 5.10 Å². The van der Waals surface area contributed by atoms with Gasteiger partial charge in [-0.3, -0.25) is 4.79 Å². The summed E-state index contributed by atoms with van der Waals surface area (Å²) in [6, 6.07) is 11.6. The lowest BCUT2D eigenvalue weighted by Gasteiger charge is -2.32. The van der Waals surface area contributed by atoms with Crippen LogP contribution in [0.5, 0.6) is 0 Å². The van der Waals surface area contributed by atoms with Crippen LogP contribution in [-0.2, 0) is 0 Å². The predicted octanol–water partition coefficient (Wildman–Crippen LogP) is 4.91. The number of benzene rings is 1. The number of halogens is 1. The zero-order chi connectivity index (χ0) is 22.8. The lowest BCUT2D eigenvalue weighted by Crippen LogP contribution is -2.37. The van der Waals surface area contributed by atoms with Crippen LogP contribution in [0.15, 0.2) is 56.9 Å². The summed E-state index contributed by atoms with van der Waals surface area (Å²) < 4.78 is 0. The topological polar surface area (TPSA) is 94.5 Å². The van der Waals surface area contributed by atoms with Crippen LogP contribution in [0, 0.1) is 0 Å². The molecule has 3 aromatic rings. The summed E-state index contributed by atoms with van der Waals surface area (Å²) in [5.74, 6) is 2.31. The second-order valence-electron chi connectivity index (χ2n) is 7.83. The standard InChI is InChI=1S/C22H22ClN7OS2/c1-13-11-18(29-28-13)25-17-12-19(30-8-2-9-30)27-22(26-17)33-15-5-3-14(4-6-15)24-21(31)20-16(23)7-10-32-20/h3-7,10,12-13,28H,2,8-9,11H2,1H3,(H,24,31)(H,25,26,27,29). The Morgan fingerprint density at radius 3 is 2.70 bits per heavy atom. The van der Waals surface area contributed by atoms with Gasteiger partial charge in [-0.05, 0) is 60.8 Å². The van der Waals surface area contributed by atoms with Crippen molar-refractivity contribution in [2.45, 2.75) is 35.9 Å². The van der Waals surface area contributed by atoms with Gasteiger partial charge in [-0.25, -0.2) is 9.97 Å². The Hall–Kier alpha value is -2.82. The second kappa shape index (κ2) is 9.58. The summed E-state index contributed by atoms with van der Waals surface area (Å²) >= 11 is 8.85. The molecule has 0 saturated carbocycles. The number of hydrogen-bond donors (Lipinski definition) is 3. The van der Waals surface area contributed by atoms with Gasteiger partial charge in [0, 0.05) is 42.2 Å². The summed E-state index contributed by atoms with van der Waals surface area (Å²) in [5, 5.41) is 13.4. The lowest BCUT2D eigenvalue weighted by molar-refractivity contribution is 0.103. The van der Waals surface area contributed by atoms with Gasteiger partial charge >= 0.3 is 0 Å². The number of aromatic nitrogens is 2. The quantitative estimate of drug-likeness (QED) is 0.415. The largest absolute Gasteiger partial charge is 0.356 e. The first kappa shape index (κ1) is 22.0. The smallest absolute Gasteiger partial charge is 0.267 e. The molecule has 5 rings (SSSR count). The number of nitrogens with zero attached hydrogens (tertiary/aromatic N) is 4. The molecular weight excluding hydrogens is 478 g/mol. The fraction of sp³-hybridized carbons (Fsp3) is 0.273. The molecule has 0 radical (unpaired) electrons. The fourth-order valence-electron chi connectivity index (χ4n) is 3.38. The van der Waals surface area contributed by atoms with E-state index in [1.165, 1.54) is 29.5 Å². The minimum Gasteiger partial charge on any atom is -0.356 e.